The highest BCUT2D eigenvalue weighted by molar-refractivity contribution is 6.04. The van der Waals surface area contributed by atoms with Crippen LogP contribution in [0.3, 0.4) is 0 Å². The van der Waals surface area contributed by atoms with Gasteiger partial charge in [-0.25, -0.2) is 0 Å². The second kappa shape index (κ2) is 5.39. The first-order valence-electron chi connectivity index (χ1n) is 8.20. The van der Waals surface area contributed by atoms with E-state index < -0.39 is 0 Å². The van der Waals surface area contributed by atoms with Gasteiger partial charge in [0.15, 0.2) is 5.69 Å². The Kier molecular flexibility index (Phi) is 3.37. The van der Waals surface area contributed by atoms with Gasteiger partial charge < -0.3 is 9.80 Å². The van der Waals surface area contributed by atoms with E-state index in [1.165, 1.54) is 12.8 Å². The summed E-state index contributed by atoms with van der Waals surface area (Å²) < 4.78 is 0. The number of nitrogens with zero attached hydrogens (tertiary/aromatic N) is 3. The van der Waals surface area contributed by atoms with E-state index in [0.717, 1.165) is 36.8 Å². The molecule has 1 N–H and O–H groups in total. The second-order valence-electron chi connectivity index (χ2n) is 6.52. The summed E-state index contributed by atoms with van der Waals surface area (Å²) in [5.41, 5.74) is 1.50. The molecule has 0 unspecified atom stereocenters. The highest BCUT2D eigenvalue weighted by atomic mass is 16.2. The maximum atomic E-state index is 13.0. The molecule has 4 rings (SSSR count). The minimum absolute atomic E-state index is 0.0836. The number of fused-ring (bicyclic) bond motifs is 1. The topological polar surface area (TPSA) is 52.2 Å². The summed E-state index contributed by atoms with van der Waals surface area (Å²) in [5, 5.41) is 8.20. The van der Waals surface area contributed by atoms with Crippen molar-refractivity contribution in [1.82, 2.24) is 20.0 Å². The van der Waals surface area contributed by atoms with Crippen LogP contribution in [0.2, 0.25) is 0 Å². The predicted octanol–water partition coefficient (Wildman–Crippen LogP) is 2.26. The van der Waals surface area contributed by atoms with E-state index in [0.29, 0.717) is 17.8 Å². The molecule has 0 radical (unpaired) electrons. The van der Waals surface area contributed by atoms with Crippen LogP contribution in [-0.4, -0.2) is 58.1 Å². The Bertz CT molecular complexity index is 695. The molecule has 0 aliphatic carbocycles. The summed E-state index contributed by atoms with van der Waals surface area (Å²) >= 11 is 0. The average Bonchev–Trinajstić information content (AvgIpc) is 3.24. The lowest BCUT2D eigenvalue weighted by molar-refractivity contribution is 0.0660. The highest BCUT2D eigenvalue weighted by Gasteiger charge is 2.39. The summed E-state index contributed by atoms with van der Waals surface area (Å²) in [7, 11) is 2.18. The third-order valence-electron chi connectivity index (χ3n) is 5.25. The Balaban J connectivity index is 1.64. The van der Waals surface area contributed by atoms with Gasteiger partial charge in [0, 0.05) is 24.0 Å². The smallest absolute Gasteiger partial charge is 0.275 e. The second-order valence-corrected chi connectivity index (χ2v) is 6.52. The van der Waals surface area contributed by atoms with Gasteiger partial charge in [-0.15, -0.1) is 0 Å². The van der Waals surface area contributed by atoms with E-state index in [9.17, 15) is 4.79 Å². The van der Waals surface area contributed by atoms with Gasteiger partial charge in [-0.2, -0.15) is 5.10 Å². The van der Waals surface area contributed by atoms with Crippen molar-refractivity contribution in [3.05, 3.63) is 30.0 Å². The molecule has 0 spiro atoms. The molecule has 1 amide bonds. The van der Waals surface area contributed by atoms with Crippen LogP contribution in [0, 0.1) is 0 Å². The molecule has 116 valence electrons. The molecular weight excluding hydrogens is 276 g/mol. The SMILES string of the molecule is CN1CCC[C@H]1[C@H]1CCCN1C(=O)c1n[nH]c2ccccc12. The zero-order chi connectivity index (χ0) is 15.1. The number of H-pyrrole nitrogens is 1. The molecule has 22 heavy (non-hydrogen) atoms. The van der Waals surface area contributed by atoms with Crippen LogP contribution in [-0.2, 0) is 0 Å². The maximum Gasteiger partial charge on any atom is 0.275 e. The van der Waals surface area contributed by atoms with Crippen LogP contribution in [0.1, 0.15) is 36.2 Å². The van der Waals surface area contributed by atoms with E-state index in [-0.39, 0.29) is 5.91 Å². The molecule has 1 aromatic heterocycles. The summed E-state index contributed by atoms with van der Waals surface area (Å²) in [4.78, 5) is 17.5. The highest BCUT2D eigenvalue weighted by Crippen LogP contribution is 2.30. The molecule has 0 bridgehead atoms. The lowest BCUT2D eigenvalue weighted by Crippen LogP contribution is -2.47. The molecule has 5 heteroatoms. The fourth-order valence-electron chi connectivity index (χ4n) is 4.13. The molecule has 2 fully saturated rings. The number of likely N-dealkylation sites (N-methyl/N-ethyl adjacent to an activating group) is 1. The quantitative estimate of drug-likeness (QED) is 0.925. The van der Waals surface area contributed by atoms with Gasteiger partial charge in [0.1, 0.15) is 0 Å². The molecule has 2 aliphatic heterocycles. The van der Waals surface area contributed by atoms with E-state index in [4.69, 9.17) is 0 Å². The Labute approximate surface area is 130 Å². The normalized spacial score (nSPS) is 26.1. The number of amides is 1. The number of hydrogen-bond donors (Lipinski definition) is 1. The van der Waals surface area contributed by atoms with Crippen LogP contribution in [0.15, 0.2) is 24.3 Å². The Hall–Kier alpha value is -1.88. The number of carbonyl (C=O) groups is 1. The lowest BCUT2D eigenvalue weighted by Gasteiger charge is -2.32. The number of nitrogens with one attached hydrogen (secondary N) is 1. The van der Waals surface area contributed by atoms with Crippen LogP contribution in [0.4, 0.5) is 0 Å². The van der Waals surface area contributed by atoms with Crippen molar-refractivity contribution in [2.75, 3.05) is 20.1 Å². The standard InChI is InChI=1S/C17H22N4O/c1-20-10-4-8-14(20)15-9-5-11-21(15)17(22)16-12-6-2-3-7-13(12)18-19-16/h2-3,6-7,14-15H,4-5,8-11H2,1H3,(H,18,19)/t14-,15+/m0/s1. The van der Waals surface area contributed by atoms with Crippen LogP contribution in [0.25, 0.3) is 10.9 Å². The maximum absolute atomic E-state index is 13.0. The van der Waals surface area contributed by atoms with Crippen molar-refractivity contribution >= 4 is 16.8 Å². The number of para-hydroxylation sites is 1. The van der Waals surface area contributed by atoms with Crippen molar-refractivity contribution in [1.29, 1.82) is 0 Å². The zero-order valence-electron chi connectivity index (χ0n) is 13.0. The molecule has 0 saturated carbocycles. The van der Waals surface area contributed by atoms with Gasteiger partial charge in [-0.1, -0.05) is 18.2 Å². The Morgan fingerprint density at radius 3 is 2.77 bits per heavy atom. The number of likely N-dealkylation sites (tertiary alicyclic amines) is 2. The van der Waals surface area contributed by atoms with Crippen molar-refractivity contribution in [2.45, 2.75) is 37.8 Å². The molecular formula is C17H22N4O. The van der Waals surface area contributed by atoms with E-state index in [1.807, 2.05) is 24.3 Å². The molecule has 2 saturated heterocycles. The fraction of sp³-hybridized carbons (Fsp3) is 0.529. The molecule has 2 atom stereocenters. The monoisotopic (exact) mass is 298 g/mol. The van der Waals surface area contributed by atoms with Crippen molar-refractivity contribution in [2.24, 2.45) is 0 Å². The van der Waals surface area contributed by atoms with Crippen LogP contribution >= 0.6 is 0 Å². The molecule has 1 aromatic carbocycles. The Morgan fingerprint density at radius 1 is 1.18 bits per heavy atom. The Morgan fingerprint density at radius 2 is 1.95 bits per heavy atom. The molecule has 3 heterocycles. The zero-order valence-corrected chi connectivity index (χ0v) is 13.0. The predicted molar refractivity (Wildman–Crippen MR) is 85.8 cm³/mol. The molecule has 2 aliphatic rings. The minimum Gasteiger partial charge on any atom is -0.333 e. The van der Waals surface area contributed by atoms with Crippen molar-refractivity contribution in [3.8, 4) is 0 Å². The average molecular weight is 298 g/mol. The van der Waals surface area contributed by atoms with Crippen molar-refractivity contribution in [3.63, 3.8) is 0 Å². The van der Waals surface area contributed by atoms with E-state index >= 15 is 0 Å². The lowest BCUT2D eigenvalue weighted by atomic mass is 10.0. The van der Waals surface area contributed by atoms with Gasteiger partial charge in [0.05, 0.1) is 5.52 Å². The summed E-state index contributed by atoms with van der Waals surface area (Å²) in [6.07, 6.45) is 4.66. The minimum atomic E-state index is 0.0836. The number of benzene rings is 1. The first-order valence-corrected chi connectivity index (χ1v) is 8.20. The first-order chi connectivity index (χ1) is 10.8. The van der Waals surface area contributed by atoms with Crippen molar-refractivity contribution < 1.29 is 4.79 Å². The van der Waals surface area contributed by atoms with E-state index in [2.05, 4.69) is 27.0 Å². The third kappa shape index (κ3) is 2.11. The van der Waals surface area contributed by atoms with Gasteiger partial charge in [0.25, 0.3) is 5.91 Å². The van der Waals surface area contributed by atoms with Gasteiger partial charge >= 0.3 is 0 Å². The van der Waals surface area contributed by atoms with Gasteiger partial charge in [-0.05, 0) is 45.3 Å². The van der Waals surface area contributed by atoms with Crippen LogP contribution in [0.5, 0.6) is 0 Å². The van der Waals surface area contributed by atoms with Gasteiger partial charge in [-0.3, -0.25) is 9.89 Å². The van der Waals surface area contributed by atoms with Gasteiger partial charge in [0.2, 0.25) is 0 Å². The largest absolute Gasteiger partial charge is 0.333 e. The summed E-state index contributed by atoms with van der Waals surface area (Å²) in [6.45, 7) is 2.00. The number of aromatic nitrogens is 2. The first kappa shape index (κ1) is 13.8. The number of hydrogen-bond acceptors (Lipinski definition) is 3. The third-order valence-corrected chi connectivity index (χ3v) is 5.25. The molecule has 2 aromatic rings. The van der Waals surface area contributed by atoms with Crippen LogP contribution < -0.4 is 0 Å². The van der Waals surface area contributed by atoms with E-state index in [1.54, 1.807) is 0 Å². The number of rotatable bonds is 2. The number of carbonyl (C=O) groups excluding carboxylic acids is 1. The molecule has 5 nitrogen and oxygen atoms in total. The fourth-order valence-corrected chi connectivity index (χ4v) is 4.13. The summed E-state index contributed by atoms with van der Waals surface area (Å²) in [6, 6.07) is 8.71. The summed E-state index contributed by atoms with van der Waals surface area (Å²) in [5.74, 6) is 0.0836. The number of aromatic amines is 1.